The number of benzene rings is 1. The standard InChI is InChI=1S/C19H26N4O.HI/c1-2-20-19(21-14-18(24)22-17-8-9-17)23-12-10-16(11-13-23)15-6-4-3-5-7-15;/h3-7,10,17H,2,8-9,11-14H2,1H3,(H,20,21)(H,22,24);1H. The Morgan fingerprint density at radius 1 is 1.28 bits per heavy atom. The van der Waals surface area contributed by atoms with Crippen molar-refractivity contribution in [3.63, 3.8) is 0 Å². The number of carbonyl (C=O) groups is 1. The van der Waals surface area contributed by atoms with E-state index in [9.17, 15) is 4.79 Å². The fourth-order valence-corrected chi connectivity index (χ4v) is 2.85. The predicted octanol–water partition coefficient (Wildman–Crippen LogP) is 2.64. The normalized spacial score (nSPS) is 17.4. The van der Waals surface area contributed by atoms with E-state index in [-0.39, 0.29) is 36.4 Å². The molecule has 1 saturated carbocycles. The van der Waals surface area contributed by atoms with Crippen LogP contribution in [-0.4, -0.2) is 49.0 Å². The fraction of sp³-hybridized carbons (Fsp3) is 0.474. The number of nitrogens with one attached hydrogen (secondary N) is 2. The van der Waals surface area contributed by atoms with Gasteiger partial charge in [-0.2, -0.15) is 0 Å². The molecule has 0 atom stereocenters. The van der Waals surface area contributed by atoms with Crippen molar-refractivity contribution >= 4 is 41.4 Å². The minimum atomic E-state index is 0. The summed E-state index contributed by atoms with van der Waals surface area (Å²) < 4.78 is 0. The number of hydrogen-bond donors (Lipinski definition) is 2. The number of rotatable bonds is 5. The van der Waals surface area contributed by atoms with Gasteiger partial charge < -0.3 is 15.5 Å². The first-order chi connectivity index (χ1) is 11.8. The van der Waals surface area contributed by atoms with Gasteiger partial charge in [-0.15, -0.1) is 24.0 Å². The highest BCUT2D eigenvalue weighted by molar-refractivity contribution is 14.0. The van der Waals surface area contributed by atoms with Crippen LogP contribution >= 0.6 is 24.0 Å². The van der Waals surface area contributed by atoms with Crippen LogP contribution in [0, 0.1) is 0 Å². The average Bonchev–Trinajstić information content (AvgIpc) is 3.43. The van der Waals surface area contributed by atoms with Crippen molar-refractivity contribution < 1.29 is 4.79 Å². The maximum atomic E-state index is 11.8. The molecule has 1 aliphatic heterocycles. The van der Waals surface area contributed by atoms with Gasteiger partial charge >= 0.3 is 0 Å². The maximum absolute atomic E-state index is 11.8. The lowest BCUT2D eigenvalue weighted by molar-refractivity contribution is -0.119. The van der Waals surface area contributed by atoms with Crippen LogP contribution in [0.3, 0.4) is 0 Å². The second-order valence-electron chi connectivity index (χ2n) is 6.30. The molecule has 0 radical (unpaired) electrons. The number of nitrogens with zero attached hydrogens (tertiary/aromatic N) is 2. The number of carbonyl (C=O) groups excluding carboxylic acids is 1. The van der Waals surface area contributed by atoms with E-state index in [0.29, 0.717) is 6.04 Å². The van der Waals surface area contributed by atoms with Gasteiger partial charge in [0, 0.05) is 25.7 Å². The lowest BCUT2D eigenvalue weighted by atomic mass is 10.00. The first-order valence-corrected chi connectivity index (χ1v) is 8.83. The zero-order valence-corrected chi connectivity index (χ0v) is 17.0. The molecule has 2 N–H and O–H groups in total. The first kappa shape index (κ1) is 19.8. The molecule has 1 aromatic rings. The Kier molecular flexibility index (Phi) is 7.74. The van der Waals surface area contributed by atoms with Gasteiger partial charge in [-0.25, -0.2) is 4.99 Å². The average molecular weight is 454 g/mol. The van der Waals surface area contributed by atoms with Crippen LogP contribution in [0.25, 0.3) is 5.57 Å². The third-order valence-electron chi connectivity index (χ3n) is 4.30. The molecule has 25 heavy (non-hydrogen) atoms. The molecule has 0 bridgehead atoms. The SMILES string of the molecule is CCNC(=NCC(=O)NC1CC1)N1CC=C(c2ccccc2)CC1.I. The van der Waals surface area contributed by atoms with Crippen molar-refractivity contribution in [1.29, 1.82) is 0 Å². The van der Waals surface area contributed by atoms with Crippen molar-refractivity contribution in [2.45, 2.75) is 32.2 Å². The summed E-state index contributed by atoms with van der Waals surface area (Å²) in [6.07, 6.45) is 5.46. The summed E-state index contributed by atoms with van der Waals surface area (Å²) in [6, 6.07) is 10.9. The third kappa shape index (κ3) is 6.02. The van der Waals surface area contributed by atoms with Gasteiger partial charge in [-0.05, 0) is 37.3 Å². The van der Waals surface area contributed by atoms with E-state index in [4.69, 9.17) is 0 Å². The third-order valence-corrected chi connectivity index (χ3v) is 4.30. The summed E-state index contributed by atoms with van der Waals surface area (Å²) in [4.78, 5) is 18.6. The lowest BCUT2D eigenvalue weighted by Gasteiger charge is -2.29. The molecule has 0 spiro atoms. The fourth-order valence-electron chi connectivity index (χ4n) is 2.85. The van der Waals surface area contributed by atoms with Crippen molar-refractivity contribution in [3.8, 4) is 0 Å². The highest BCUT2D eigenvalue weighted by Gasteiger charge is 2.23. The van der Waals surface area contributed by atoms with Gasteiger partial charge in [0.05, 0.1) is 0 Å². The molecular weight excluding hydrogens is 427 g/mol. The zero-order valence-electron chi connectivity index (χ0n) is 14.7. The minimum absolute atomic E-state index is 0. The van der Waals surface area contributed by atoms with E-state index in [0.717, 1.165) is 44.9 Å². The van der Waals surface area contributed by atoms with E-state index in [1.807, 2.05) is 6.07 Å². The highest BCUT2D eigenvalue weighted by Crippen LogP contribution is 2.22. The van der Waals surface area contributed by atoms with Crippen LogP contribution in [0.1, 0.15) is 31.7 Å². The Morgan fingerprint density at radius 2 is 2.04 bits per heavy atom. The van der Waals surface area contributed by atoms with Gasteiger partial charge in [0.2, 0.25) is 5.91 Å². The van der Waals surface area contributed by atoms with E-state index in [2.05, 4.69) is 57.8 Å². The van der Waals surface area contributed by atoms with Crippen LogP contribution in [0.4, 0.5) is 0 Å². The van der Waals surface area contributed by atoms with E-state index in [1.165, 1.54) is 11.1 Å². The van der Waals surface area contributed by atoms with Crippen LogP contribution in [0.15, 0.2) is 41.4 Å². The summed E-state index contributed by atoms with van der Waals surface area (Å²) in [6.45, 7) is 4.78. The number of halogens is 1. The zero-order chi connectivity index (χ0) is 16.8. The molecule has 1 fully saturated rings. The van der Waals surface area contributed by atoms with Crippen molar-refractivity contribution in [2.75, 3.05) is 26.2 Å². The summed E-state index contributed by atoms with van der Waals surface area (Å²) in [5.74, 6) is 0.845. The molecular formula is C19H27IN4O. The minimum Gasteiger partial charge on any atom is -0.356 e. The second kappa shape index (κ2) is 9.79. The summed E-state index contributed by atoms with van der Waals surface area (Å²) in [7, 11) is 0. The Bertz CT molecular complexity index is 626. The Morgan fingerprint density at radius 3 is 2.64 bits per heavy atom. The number of hydrogen-bond acceptors (Lipinski definition) is 2. The first-order valence-electron chi connectivity index (χ1n) is 8.83. The smallest absolute Gasteiger partial charge is 0.242 e. The quantitative estimate of drug-likeness (QED) is 0.409. The lowest BCUT2D eigenvalue weighted by Crippen LogP contribution is -2.44. The van der Waals surface area contributed by atoms with E-state index >= 15 is 0 Å². The summed E-state index contributed by atoms with van der Waals surface area (Å²) >= 11 is 0. The number of amides is 1. The molecule has 0 unspecified atom stereocenters. The predicted molar refractivity (Wildman–Crippen MR) is 113 cm³/mol. The summed E-state index contributed by atoms with van der Waals surface area (Å²) in [5.41, 5.74) is 2.68. The maximum Gasteiger partial charge on any atom is 0.242 e. The van der Waals surface area contributed by atoms with Crippen molar-refractivity contribution in [3.05, 3.63) is 42.0 Å². The van der Waals surface area contributed by atoms with Crippen LogP contribution in [0.2, 0.25) is 0 Å². The number of guanidine groups is 1. The molecule has 2 aliphatic rings. The Labute approximate surface area is 167 Å². The van der Waals surface area contributed by atoms with E-state index in [1.54, 1.807) is 0 Å². The topological polar surface area (TPSA) is 56.7 Å². The largest absolute Gasteiger partial charge is 0.356 e. The van der Waals surface area contributed by atoms with Crippen LogP contribution in [0.5, 0.6) is 0 Å². The van der Waals surface area contributed by atoms with Gasteiger partial charge in [0.25, 0.3) is 0 Å². The van der Waals surface area contributed by atoms with Gasteiger partial charge in [-0.3, -0.25) is 4.79 Å². The highest BCUT2D eigenvalue weighted by atomic mass is 127. The second-order valence-corrected chi connectivity index (χ2v) is 6.30. The molecule has 5 nitrogen and oxygen atoms in total. The molecule has 1 aliphatic carbocycles. The van der Waals surface area contributed by atoms with Gasteiger partial charge in [0.1, 0.15) is 6.54 Å². The summed E-state index contributed by atoms with van der Waals surface area (Å²) in [5, 5.41) is 6.28. The Hall–Kier alpha value is -1.57. The molecule has 1 amide bonds. The molecule has 1 aromatic carbocycles. The van der Waals surface area contributed by atoms with Crippen molar-refractivity contribution in [2.24, 2.45) is 4.99 Å². The Balaban J connectivity index is 0.00000225. The van der Waals surface area contributed by atoms with Gasteiger partial charge in [0.15, 0.2) is 5.96 Å². The molecule has 136 valence electrons. The monoisotopic (exact) mass is 454 g/mol. The molecule has 3 rings (SSSR count). The molecule has 0 saturated heterocycles. The van der Waals surface area contributed by atoms with Gasteiger partial charge in [-0.1, -0.05) is 36.4 Å². The van der Waals surface area contributed by atoms with E-state index < -0.39 is 0 Å². The number of aliphatic imine (C=N–C) groups is 1. The molecule has 0 aromatic heterocycles. The van der Waals surface area contributed by atoms with Crippen molar-refractivity contribution in [1.82, 2.24) is 15.5 Å². The van der Waals surface area contributed by atoms with Crippen LogP contribution in [-0.2, 0) is 4.79 Å². The molecule has 1 heterocycles. The molecule has 6 heteroatoms. The van der Waals surface area contributed by atoms with Crippen LogP contribution < -0.4 is 10.6 Å².